The van der Waals surface area contributed by atoms with Crippen LogP contribution in [0.5, 0.6) is 0 Å². The molecule has 0 aromatic carbocycles. The van der Waals surface area contributed by atoms with Crippen molar-refractivity contribution in [1.29, 1.82) is 0 Å². The highest BCUT2D eigenvalue weighted by atomic mass is 15.1. The second-order valence-electron chi connectivity index (χ2n) is 6.82. The Kier molecular flexibility index (Phi) is 4.58. The van der Waals surface area contributed by atoms with Crippen LogP contribution in [0.3, 0.4) is 0 Å². The lowest BCUT2D eigenvalue weighted by Gasteiger charge is -2.35. The van der Waals surface area contributed by atoms with Crippen LogP contribution in [0.4, 0.5) is 0 Å². The summed E-state index contributed by atoms with van der Waals surface area (Å²) >= 11 is 0. The zero-order valence-electron chi connectivity index (χ0n) is 11.9. The van der Waals surface area contributed by atoms with Gasteiger partial charge in [-0.05, 0) is 70.1 Å². The van der Waals surface area contributed by atoms with E-state index >= 15 is 0 Å². The maximum Gasteiger partial charge on any atom is 0.00967 e. The average Bonchev–Trinajstić information content (AvgIpc) is 3.10. The van der Waals surface area contributed by atoms with Gasteiger partial charge in [-0.2, -0.15) is 0 Å². The van der Waals surface area contributed by atoms with Crippen molar-refractivity contribution in [1.82, 2.24) is 10.2 Å². The van der Waals surface area contributed by atoms with Gasteiger partial charge in [-0.15, -0.1) is 0 Å². The van der Waals surface area contributed by atoms with Gasteiger partial charge in [0.15, 0.2) is 0 Å². The molecule has 2 heterocycles. The van der Waals surface area contributed by atoms with Crippen molar-refractivity contribution in [3.8, 4) is 0 Å². The van der Waals surface area contributed by atoms with Crippen LogP contribution in [0, 0.1) is 11.8 Å². The fourth-order valence-electron chi connectivity index (χ4n) is 4.36. The first-order valence-electron chi connectivity index (χ1n) is 8.37. The molecule has 0 bridgehead atoms. The zero-order valence-corrected chi connectivity index (χ0v) is 11.9. The summed E-state index contributed by atoms with van der Waals surface area (Å²) in [6.07, 6.45) is 13.3. The van der Waals surface area contributed by atoms with Gasteiger partial charge >= 0.3 is 0 Å². The highest BCUT2D eigenvalue weighted by Crippen LogP contribution is 2.29. The highest BCUT2D eigenvalue weighted by Gasteiger charge is 2.28. The normalized spacial score (nSPS) is 32.3. The van der Waals surface area contributed by atoms with Gasteiger partial charge in [0.25, 0.3) is 0 Å². The summed E-state index contributed by atoms with van der Waals surface area (Å²) < 4.78 is 0. The highest BCUT2D eigenvalue weighted by molar-refractivity contribution is 4.85. The topological polar surface area (TPSA) is 15.3 Å². The van der Waals surface area contributed by atoms with Crippen LogP contribution in [-0.2, 0) is 0 Å². The van der Waals surface area contributed by atoms with Gasteiger partial charge in [-0.25, -0.2) is 0 Å². The Balaban J connectivity index is 1.34. The molecule has 2 heteroatoms. The van der Waals surface area contributed by atoms with Crippen LogP contribution >= 0.6 is 0 Å². The maximum atomic E-state index is 3.70. The summed E-state index contributed by atoms with van der Waals surface area (Å²) in [5.74, 6) is 2.05. The van der Waals surface area contributed by atoms with Crippen molar-refractivity contribution in [3.63, 3.8) is 0 Å². The fraction of sp³-hybridized carbons (Fsp3) is 1.00. The predicted octanol–water partition coefficient (Wildman–Crippen LogP) is 3.03. The second-order valence-corrected chi connectivity index (χ2v) is 6.82. The summed E-state index contributed by atoms with van der Waals surface area (Å²) in [5, 5.41) is 3.70. The second kappa shape index (κ2) is 6.38. The van der Waals surface area contributed by atoms with Crippen molar-refractivity contribution in [2.75, 3.05) is 26.2 Å². The van der Waals surface area contributed by atoms with E-state index in [4.69, 9.17) is 0 Å². The van der Waals surface area contributed by atoms with Gasteiger partial charge < -0.3 is 10.2 Å². The van der Waals surface area contributed by atoms with Gasteiger partial charge in [0.2, 0.25) is 0 Å². The Hall–Kier alpha value is -0.0800. The molecule has 104 valence electrons. The van der Waals surface area contributed by atoms with Crippen molar-refractivity contribution in [3.05, 3.63) is 0 Å². The molecule has 0 spiro atoms. The van der Waals surface area contributed by atoms with E-state index in [1.54, 1.807) is 0 Å². The fourth-order valence-corrected chi connectivity index (χ4v) is 4.36. The number of piperidine rings is 1. The van der Waals surface area contributed by atoms with Crippen LogP contribution < -0.4 is 5.32 Å². The predicted molar refractivity (Wildman–Crippen MR) is 76.8 cm³/mol. The molecular weight excluding hydrogens is 220 g/mol. The Morgan fingerprint density at radius 1 is 0.889 bits per heavy atom. The maximum absolute atomic E-state index is 3.70. The Labute approximate surface area is 113 Å². The van der Waals surface area contributed by atoms with E-state index in [2.05, 4.69) is 10.2 Å². The quantitative estimate of drug-likeness (QED) is 0.825. The molecule has 2 nitrogen and oxygen atoms in total. The molecule has 2 aliphatic heterocycles. The summed E-state index contributed by atoms with van der Waals surface area (Å²) in [6.45, 7) is 5.40. The van der Waals surface area contributed by atoms with E-state index in [1.807, 2.05) is 0 Å². The van der Waals surface area contributed by atoms with Gasteiger partial charge in [0.1, 0.15) is 0 Å². The standard InChI is InChI=1S/C16H30N2/c1-2-5-14(4-1)7-11-18-12-8-15(9-13-18)16-6-3-10-17-16/h14-17H,1-13H2. The lowest BCUT2D eigenvalue weighted by molar-refractivity contribution is 0.155. The van der Waals surface area contributed by atoms with Crippen molar-refractivity contribution >= 4 is 0 Å². The minimum Gasteiger partial charge on any atom is -0.314 e. The summed E-state index contributed by atoms with van der Waals surface area (Å²) in [5.41, 5.74) is 0. The smallest absolute Gasteiger partial charge is 0.00967 e. The molecule has 0 aromatic heterocycles. The monoisotopic (exact) mass is 250 g/mol. The number of hydrogen-bond acceptors (Lipinski definition) is 2. The minimum absolute atomic E-state index is 0.863. The van der Waals surface area contributed by atoms with Crippen LogP contribution in [0.15, 0.2) is 0 Å². The number of hydrogen-bond donors (Lipinski definition) is 1. The van der Waals surface area contributed by atoms with Gasteiger partial charge in [-0.1, -0.05) is 25.7 Å². The lowest BCUT2D eigenvalue weighted by Crippen LogP contribution is -2.41. The molecule has 0 aromatic rings. The molecule has 1 unspecified atom stereocenters. The van der Waals surface area contributed by atoms with Crippen molar-refractivity contribution in [2.24, 2.45) is 11.8 Å². The van der Waals surface area contributed by atoms with E-state index in [-0.39, 0.29) is 0 Å². The molecule has 0 radical (unpaired) electrons. The largest absolute Gasteiger partial charge is 0.314 e. The van der Waals surface area contributed by atoms with E-state index in [1.165, 1.54) is 84.0 Å². The Morgan fingerprint density at radius 2 is 1.67 bits per heavy atom. The van der Waals surface area contributed by atoms with Gasteiger partial charge in [-0.3, -0.25) is 0 Å². The molecule has 3 aliphatic rings. The third-order valence-electron chi connectivity index (χ3n) is 5.63. The molecular formula is C16H30N2. The van der Waals surface area contributed by atoms with E-state index in [9.17, 15) is 0 Å². The zero-order chi connectivity index (χ0) is 12.2. The van der Waals surface area contributed by atoms with Crippen LogP contribution in [0.2, 0.25) is 0 Å². The number of nitrogens with zero attached hydrogens (tertiary/aromatic N) is 1. The summed E-state index contributed by atoms with van der Waals surface area (Å²) in [7, 11) is 0. The van der Waals surface area contributed by atoms with E-state index in [0.717, 1.165) is 17.9 Å². The molecule has 2 saturated heterocycles. The summed E-state index contributed by atoms with van der Waals surface area (Å²) in [4.78, 5) is 2.74. The Bertz CT molecular complexity index is 233. The number of rotatable bonds is 4. The molecule has 3 fully saturated rings. The molecule has 3 rings (SSSR count). The average molecular weight is 250 g/mol. The first kappa shape index (κ1) is 12.9. The molecule has 1 atom stereocenters. The van der Waals surface area contributed by atoms with Crippen LogP contribution in [0.1, 0.15) is 57.8 Å². The number of nitrogens with one attached hydrogen (secondary N) is 1. The van der Waals surface area contributed by atoms with Gasteiger partial charge in [0, 0.05) is 6.04 Å². The summed E-state index contributed by atoms with van der Waals surface area (Å²) in [6, 6.07) is 0.863. The molecule has 1 aliphatic carbocycles. The van der Waals surface area contributed by atoms with Crippen LogP contribution in [0.25, 0.3) is 0 Å². The van der Waals surface area contributed by atoms with Crippen LogP contribution in [-0.4, -0.2) is 37.1 Å². The number of likely N-dealkylation sites (tertiary alicyclic amines) is 1. The van der Waals surface area contributed by atoms with E-state index < -0.39 is 0 Å². The minimum atomic E-state index is 0.863. The molecule has 18 heavy (non-hydrogen) atoms. The first-order valence-corrected chi connectivity index (χ1v) is 8.37. The van der Waals surface area contributed by atoms with E-state index in [0.29, 0.717) is 0 Å². The van der Waals surface area contributed by atoms with Gasteiger partial charge in [0.05, 0.1) is 0 Å². The lowest BCUT2D eigenvalue weighted by atomic mass is 9.88. The van der Waals surface area contributed by atoms with Crippen molar-refractivity contribution < 1.29 is 0 Å². The third-order valence-corrected chi connectivity index (χ3v) is 5.63. The molecule has 1 saturated carbocycles. The molecule has 1 N–H and O–H groups in total. The molecule has 0 amide bonds. The first-order chi connectivity index (χ1) is 8.92. The van der Waals surface area contributed by atoms with Crippen molar-refractivity contribution in [2.45, 2.75) is 63.8 Å². The third kappa shape index (κ3) is 3.27. The SMILES string of the molecule is C1CCC(CCN2CCC(C3CCCN3)CC2)C1. The Morgan fingerprint density at radius 3 is 2.33 bits per heavy atom.